The van der Waals surface area contributed by atoms with E-state index in [0.29, 0.717) is 18.7 Å². The van der Waals surface area contributed by atoms with Crippen LogP contribution >= 0.6 is 0 Å². The molecule has 0 spiro atoms. The van der Waals surface area contributed by atoms with Crippen LogP contribution in [0, 0.1) is 0 Å². The van der Waals surface area contributed by atoms with Crippen molar-refractivity contribution in [3.63, 3.8) is 0 Å². The first kappa shape index (κ1) is 21.8. The highest BCUT2D eigenvalue weighted by Crippen LogP contribution is 2.25. The van der Waals surface area contributed by atoms with Crippen molar-refractivity contribution in [3.05, 3.63) is 59.2 Å². The number of hydrogen-bond donors (Lipinski definition) is 1. The highest BCUT2D eigenvalue weighted by Gasteiger charge is 2.28. The minimum atomic E-state index is -3.34. The van der Waals surface area contributed by atoms with Gasteiger partial charge in [0, 0.05) is 12.2 Å². The number of carbonyl (C=O) groups is 2. The van der Waals surface area contributed by atoms with Crippen LogP contribution < -0.4 is 9.62 Å². The van der Waals surface area contributed by atoms with Crippen molar-refractivity contribution in [3.8, 4) is 0 Å². The normalized spacial score (nSPS) is 15.1. The highest BCUT2D eigenvalue weighted by atomic mass is 32.2. The topological polar surface area (TPSA) is 92.8 Å². The third-order valence-corrected chi connectivity index (χ3v) is 6.94. The van der Waals surface area contributed by atoms with E-state index < -0.39 is 28.5 Å². The number of anilines is 2. The Morgan fingerprint density at radius 2 is 1.73 bits per heavy atom. The molecule has 1 fully saturated rings. The van der Waals surface area contributed by atoms with Gasteiger partial charge in [0.2, 0.25) is 10.0 Å². The number of hydrogen-bond acceptors (Lipinski definition) is 5. The number of nitrogens with one attached hydrogen (secondary N) is 1. The van der Waals surface area contributed by atoms with Crippen LogP contribution in [0.15, 0.2) is 42.5 Å². The molecule has 8 heteroatoms. The summed E-state index contributed by atoms with van der Waals surface area (Å²) in [7, 11) is -3.34. The summed E-state index contributed by atoms with van der Waals surface area (Å²) in [5, 5.41) is 2.85. The molecule has 0 radical (unpaired) electrons. The molecule has 30 heavy (non-hydrogen) atoms. The highest BCUT2D eigenvalue weighted by molar-refractivity contribution is 7.93. The lowest BCUT2D eigenvalue weighted by atomic mass is 10.0. The third kappa shape index (κ3) is 4.81. The molecule has 1 aliphatic rings. The van der Waals surface area contributed by atoms with Gasteiger partial charge in [-0.15, -0.1) is 0 Å². The van der Waals surface area contributed by atoms with Crippen LogP contribution in [0.4, 0.5) is 11.4 Å². The van der Waals surface area contributed by atoms with Gasteiger partial charge in [0.15, 0.2) is 6.61 Å². The molecular formula is C22H26N2O5S. The van der Waals surface area contributed by atoms with Gasteiger partial charge in [0.05, 0.1) is 17.0 Å². The number of benzene rings is 2. The minimum Gasteiger partial charge on any atom is -0.452 e. The fourth-order valence-electron chi connectivity index (χ4n) is 3.51. The predicted octanol–water partition coefficient (Wildman–Crippen LogP) is 3.15. The maximum absolute atomic E-state index is 12.4. The Labute approximate surface area is 177 Å². The summed E-state index contributed by atoms with van der Waals surface area (Å²) in [5.74, 6) is -0.999. The average molecular weight is 431 g/mol. The van der Waals surface area contributed by atoms with Gasteiger partial charge in [-0.1, -0.05) is 38.1 Å². The summed E-state index contributed by atoms with van der Waals surface area (Å²) in [4.78, 5) is 24.8. The second-order valence-electron chi connectivity index (χ2n) is 7.07. The van der Waals surface area contributed by atoms with Gasteiger partial charge in [-0.05, 0) is 48.6 Å². The molecule has 1 amide bonds. The summed E-state index contributed by atoms with van der Waals surface area (Å²) in [5.41, 5.74) is 3.44. The first-order valence-electron chi connectivity index (χ1n) is 10.0. The van der Waals surface area contributed by atoms with E-state index in [9.17, 15) is 18.0 Å². The number of aryl methyl sites for hydroxylation is 2. The maximum atomic E-state index is 12.4. The number of sulfonamides is 1. The van der Waals surface area contributed by atoms with Crippen LogP contribution in [0.5, 0.6) is 0 Å². The third-order valence-electron chi connectivity index (χ3n) is 5.07. The van der Waals surface area contributed by atoms with Crippen LogP contribution in [-0.2, 0) is 32.4 Å². The molecule has 0 unspecified atom stereocenters. The molecule has 7 nitrogen and oxygen atoms in total. The molecule has 3 rings (SSSR count). The van der Waals surface area contributed by atoms with E-state index in [1.807, 2.05) is 32.0 Å². The molecular weight excluding hydrogens is 404 g/mol. The van der Waals surface area contributed by atoms with Crippen LogP contribution in [-0.4, -0.2) is 39.2 Å². The lowest BCUT2D eigenvalue weighted by Crippen LogP contribution is -2.25. The molecule has 160 valence electrons. The summed E-state index contributed by atoms with van der Waals surface area (Å²) in [6.07, 6.45) is 2.10. The van der Waals surface area contributed by atoms with E-state index in [-0.39, 0.29) is 11.3 Å². The van der Waals surface area contributed by atoms with Gasteiger partial charge in [-0.3, -0.25) is 9.10 Å². The molecule has 1 N–H and O–H groups in total. The Kier molecular flexibility index (Phi) is 6.77. The maximum Gasteiger partial charge on any atom is 0.338 e. The van der Waals surface area contributed by atoms with E-state index in [0.717, 1.165) is 29.7 Å². The minimum absolute atomic E-state index is 0.0980. The lowest BCUT2D eigenvalue weighted by molar-refractivity contribution is -0.119. The van der Waals surface area contributed by atoms with Crippen molar-refractivity contribution >= 4 is 33.3 Å². The zero-order valence-electron chi connectivity index (χ0n) is 17.2. The lowest BCUT2D eigenvalue weighted by Gasteiger charge is -2.17. The van der Waals surface area contributed by atoms with Crippen LogP contribution in [0.25, 0.3) is 0 Å². The van der Waals surface area contributed by atoms with Crippen LogP contribution in [0.3, 0.4) is 0 Å². The van der Waals surface area contributed by atoms with Gasteiger partial charge in [-0.25, -0.2) is 13.2 Å². The molecule has 1 heterocycles. The Morgan fingerprint density at radius 1 is 1.07 bits per heavy atom. The largest absolute Gasteiger partial charge is 0.452 e. The Hall–Kier alpha value is -2.87. The molecule has 1 aliphatic heterocycles. The Bertz CT molecular complexity index is 1030. The number of para-hydroxylation sites is 1. The fourth-order valence-corrected chi connectivity index (χ4v) is 5.07. The fraction of sp³-hybridized carbons (Fsp3) is 0.364. The second kappa shape index (κ2) is 9.30. The summed E-state index contributed by atoms with van der Waals surface area (Å²) in [6, 6.07) is 12.1. The molecule has 0 saturated carbocycles. The molecule has 2 aromatic carbocycles. The monoisotopic (exact) mass is 430 g/mol. The summed E-state index contributed by atoms with van der Waals surface area (Å²) < 4.78 is 30.6. The van der Waals surface area contributed by atoms with Crippen LogP contribution in [0.1, 0.15) is 41.8 Å². The first-order valence-corrected chi connectivity index (χ1v) is 11.6. The molecule has 1 saturated heterocycles. The SMILES string of the molecule is CCc1cccc(CC)c1NC(=O)COC(=O)c1cccc(N2CCCS2(=O)=O)c1. The molecule has 0 atom stereocenters. The standard InChI is InChI=1S/C22H26N2O5S/c1-3-16-8-5-9-17(4-2)21(16)23-20(25)15-29-22(26)18-10-6-11-19(14-18)24-12-7-13-30(24,27)28/h5-6,8-11,14H,3-4,7,12-13,15H2,1-2H3,(H,23,25). The molecule has 0 aromatic heterocycles. The van der Waals surface area contributed by atoms with Crippen molar-refractivity contribution in [2.45, 2.75) is 33.1 Å². The van der Waals surface area contributed by atoms with Crippen LogP contribution in [0.2, 0.25) is 0 Å². The zero-order valence-corrected chi connectivity index (χ0v) is 18.0. The van der Waals surface area contributed by atoms with Gasteiger partial charge in [0.1, 0.15) is 0 Å². The molecule has 0 bridgehead atoms. The zero-order chi connectivity index (χ0) is 21.7. The van der Waals surface area contributed by atoms with Crippen molar-refractivity contribution in [2.24, 2.45) is 0 Å². The second-order valence-corrected chi connectivity index (χ2v) is 9.09. The van der Waals surface area contributed by atoms with Crippen molar-refractivity contribution in [1.82, 2.24) is 0 Å². The number of amides is 1. The number of carbonyl (C=O) groups excluding carboxylic acids is 2. The van der Waals surface area contributed by atoms with E-state index in [4.69, 9.17) is 4.74 Å². The molecule has 0 aliphatic carbocycles. The molecule has 2 aromatic rings. The van der Waals surface area contributed by atoms with Gasteiger partial charge in [0.25, 0.3) is 5.91 Å². The Balaban J connectivity index is 1.65. The van der Waals surface area contributed by atoms with E-state index in [1.165, 1.54) is 16.4 Å². The van der Waals surface area contributed by atoms with E-state index in [1.54, 1.807) is 12.1 Å². The summed E-state index contributed by atoms with van der Waals surface area (Å²) in [6.45, 7) is 3.99. The van der Waals surface area contributed by atoms with Crippen molar-refractivity contribution in [1.29, 1.82) is 0 Å². The van der Waals surface area contributed by atoms with Gasteiger partial charge < -0.3 is 10.1 Å². The summed E-state index contributed by atoms with van der Waals surface area (Å²) >= 11 is 0. The average Bonchev–Trinajstić information content (AvgIpc) is 3.11. The first-order chi connectivity index (χ1) is 14.4. The number of ether oxygens (including phenoxy) is 1. The van der Waals surface area contributed by atoms with Crippen molar-refractivity contribution < 1.29 is 22.7 Å². The van der Waals surface area contributed by atoms with Crippen molar-refractivity contribution in [2.75, 3.05) is 28.5 Å². The van der Waals surface area contributed by atoms with Gasteiger partial charge in [-0.2, -0.15) is 0 Å². The van der Waals surface area contributed by atoms with Gasteiger partial charge >= 0.3 is 5.97 Å². The predicted molar refractivity (Wildman–Crippen MR) is 116 cm³/mol. The van der Waals surface area contributed by atoms with E-state index in [2.05, 4.69) is 5.32 Å². The number of nitrogens with zero attached hydrogens (tertiary/aromatic N) is 1. The Morgan fingerprint density at radius 3 is 2.33 bits per heavy atom. The number of esters is 1. The quantitative estimate of drug-likeness (QED) is 0.681. The number of rotatable bonds is 7. The van der Waals surface area contributed by atoms with E-state index >= 15 is 0 Å². The smallest absolute Gasteiger partial charge is 0.338 e.